The molecule has 0 bridgehead atoms. The van der Waals surface area contributed by atoms with Crippen molar-refractivity contribution in [3.8, 4) is 11.5 Å². The Morgan fingerprint density at radius 2 is 1.92 bits per heavy atom. The van der Waals surface area contributed by atoms with Crippen LogP contribution in [0.25, 0.3) is 0 Å². The normalized spacial score (nSPS) is 23.6. The van der Waals surface area contributed by atoms with Gasteiger partial charge in [0.2, 0.25) is 0 Å². The first-order valence-electron chi connectivity index (χ1n) is 9.66. The summed E-state index contributed by atoms with van der Waals surface area (Å²) in [5, 5.41) is 10.8. The van der Waals surface area contributed by atoms with Gasteiger partial charge in [-0.1, -0.05) is 6.42 Å². The Hall–Kier alpha value is -1.34. The molecule has 0 aliphatic carbocycles. The molecule has 6 heteroatoms. The second-order valence-electron chi connectivity index (χ2n) is 7.24. The number of aliphatic hydroxyl groups excluding tert-OH is 1. The highest BCUT2D eigenvalue weighted by molar-refractivity contribution is 5.41. The number of nitrogens with zero attached hydrogens (tertiary/aromatic N) is 2. The lowest BCUT2D eigenvalue weighted by Gasteiger charge is -2.37. The van der Waals surface area contributed by atoms with E-state index in [0.717, 1.165) is 37.6 Å². The number of benzene rings is 1. The summed E-state index contributed by atoms with van der Waals surface area (Å²) in [4.78, 5) is 4.81. The second kappa shape index (κ2) is 9.55. The van der Waals surface area contributed by atoms with Crippen molar-refractivity contribution in [3.05, 3.63) is 23.8 Å². The smallest absolute Gasteiger partial charge is 0.124 e. The topological polar surface area (TPSA) is 54.4 Å². The maximum Gasteiger partial charge on any atom is 0.124 e. The van der Waals surface area contributed by atoms with Crippen LogP contribution in [-0.2, 0) is 4.74 Å². The molecule has 1 N–H and O–H groups in total. The first-order chi connectivity index (χ1) is 12.7. The minimum atomic E-state index is -0.617. The molecule has 2 aliphatic rings. The van der Waals surface area contributed by atoms with Crippen LogP contribution < -0.4 is 9.47 Å². The Kier molecular flexibility index (Phi) is 7.14. The average molecular weight is 364 g/mol. The van der Waals surface area contributed by atoms with Gasteiger partial charge in [0.1, 0.15) is 11.5 Å². The van der Waals surface area contributed by atoms with Gasteiger partial charge in [-0.15, -0.1) is 0 Å². The monoisotopic (exact) mass is 364 g/mol. The Morgan fingerprint density at radius 1 is 1.12 bits per heavy atom. The van der Waals surface area contributed by atoms with E-state index >= 15 is 0 Å². The van der Waals surface area contributed by atoms with E-state index in [-0.39, 0.29) is 6.10 Å². The maximum atomic E-state index is 10.8. The van der Waals surface area contributed by atoms with Crippen LogP contribution in [0.15, 0.2) is 18.2 Å². The number of methoxy groups -OCH3 is 2. The largest absolute Gasteiger partial charge is 0.497 e. The van der Waals surface area contributed by atoms with Crippen molar-refractivity contribution in [1.29, 1.82) is 0 Å². The number of piperidine rings is 1. The molecule has 0 saturated carbocycles. The van der Waals surface area contributed by atoms with Gasteiger partial charge in [0.05, 0.1) is 33.0 Å². The zero-order valence-corrected chi connectivity index (χ0v) is 16.0. The molecule has 3 rings (SSSR count). The zero-order chi connectivity index (χ0) is 18.4. The van der Waals surface area contributed by atoms with Gasteiger partial charge in [-0.25, -0.2) is 0 Å². The predicted octanol–water partition coefficient (Wildman–Crippen LogP) is 1.92. The molecular formula is C20H32N2O4. The Bertz CT molecular complexity index is 563. The molecule has 6 nitrogen and oxygen atoms in total. The average Bonchev–Trinajstić information content (AvgIpc) is 2.68. The minimum Gasteiger partial charge on any atom is -0.497 e. The quantitative estimate of drug-likeness (QED) is 0.798. The second-order valence-corrected chi connectivity index (χ2v) is 7.24. The van der Waals surface area contributed by atoms with Gasteiger partial charge in [0.25, 0.3) is 0 Å². The van der Waals surface area contributed by atoms with Crippen LogP contribution in [0.4, 0.5) is 0 Å². The number of ether oxygens (including phenoxy) is 3. The fourth-order valence-electron chi connectivity index (χ4n) is 3.93. The number of aliphatic hydroxyl groups is 1. The van der Waals surface area contributed by atoms with Gasteiger partial charge in [0.15, 0.2) is 0 Å². The van der Waals surface area contributed by atoms with E-state index in [1.807, 2.05) is 18.2 Å². The molecule has 0 radical (unpaired) electrons. The number of morpholine rings is 1. The van der Waals surface area contributed by atoms with Crippen molar-refractivity contribution >= 4 is 0 Å². The van der Waals surface area contributed by atoms with Crippen LogP contribution in [-0.4, -0.2) is 81.1 Å². The summed E-state index contributed by atoms with van der Waals surface area (Å²) < 4.78 is 16.7. The van der Waals surface area contributed by atoms with E-state index in [1.165, 1.54) is 32.4 Å². The molecule has 2 saturated heterocycles. The number of β-amino-alcohol motifs (C(OH)–C–C–N with tert-alkyl or cyclic N) is 1. The summed E-state index contributed by atoms with van der Waals surface area (Å²) in [5.74, 6) is 1.42. The van der Waals surface area contributed by atoms with Crippen LogP contribution in [0.3, 0.4) is 0 Å². The molecule has 2 atom stereocenters. The number of hydrogen-bond acceptors (Lipinski definition) is 6. The highest BCUT2D eigenvalue weighted by Gasteiger charge is 2.26. The van der Waals surface area contributed by atoms with E-state index in [9.17, 15) is 5.11 Å². The third kappa shape index (κ3) is 5.10. The molecule has 0 spiro atoms. The van der Waals surface area contributed by atoms with E-state index in [2.05, 4.69) is 9.80 Å². The van der Waals surface area contributed by atoms with E-state index in [0.29, 0.717) is 12.3 Å². The molecule has 146 valence electrons. The van der Waals surface area contributed by atoms with Gasteiger partial charge in [-0.3, -0.25) is 4.90 Å². The lowest BCUT2D eigenvalue weighted by atomic mass is 10.1. The summed E-state index contributed by atoms with van der Waals surface area (Å²) >= 11 is 0. The van der Waals surface area contributed by atoms with Crippen LogP contribution >= 0.6 is 0 Å². The molecule has 26 heavy (non-hydrogen) atoms. The standard InChI is InChI=1S/C20H32N2O4/c1-24-16-6-7-20(25-2)18(12-16)19(23)15-22-10-11-26-17(14-22)13-21-8-4-3-5-9-21/h6-7,12,17,19,23H,3-5,8-11,13-15H2,1-2H3/t17-,19+/m0/s1. The van der Waals surface area contributed by atoms with Crippen LogP contribution in [0.5, 0.6) is 11.5 Å². The summed E-state index contributed by atoms with van der Waals surface area (Å²) in [6.45, 7) is 6.37. The highest BCUT2D eigenvalue weighted by atomic mass is 16.5. The van der Waals surface area contributed by atoms with Crippen LogP contribution in [0, 0.1) is 0 Å². The molecule has 2 aliphatic heterocycles. The van der Waals surface area contributed by atoms with Crippen molar-refractivity contribution in [2.45, 2.75) is 31.5 Å². The fraction of sp³-hybridized carbons (Fsp3) is 0.700. The predicted molar refractivity (Wildman–Crippen MR) is 101 cm³/mol. The number of likely N-dealkylation sites (tertiary alicyclic amines) is 1. The third-order valence-electron chi connectivity index (χ3n) is 5.36. The fourth-order valence-corrected chi connectivity index (χ4v) is 3.93. The van der Waals surface area contributed by atoms with Gasteiger partial charge in [0, 0.05) is 31.7 Å². The van der Waals surface area contributed by atoms with Crippen molar-refractivity contribution in [1.82, 2.24) is 9.80 Å². The molecule has 1 aromatic carbocycles. The van der Waals surface area contributed by atoms with E-state index < -0.39 is 6.10 Å². The molecule has 0 aromatic heterocycles. The van der Waals surface area contributed by atoms with Gasteiger partial charge < -0.3 is 24.2 Å². The Balaban J connectivity index is 1.57. The van der Waals surface area contributed by atoms with Crippen molar-refractivity contribution in [2.75, 3.05) is 60.1 Å². The zero-order valence-electron chi connectivity index (χ0n) is 16.0. The van der Waals surface area contributed by atoms with Crippen LogP contribution in [0.1, 0.15) is 30.9 Å². The van der Waals surface area contributed by atoms with Gasteiger partial charge in [-0.2, -0.15) is 0 Å². The van der Waals surface area contributed by atoms with Crippen molar-refractivity contribution in [3.63, 3.8) is 0 Å². The lowest BCUT2D eigenvalue weighted by Crippen LogP contribution is -2.49. The highest BCUT2D eigenvalue weighted by Crippen LogP contribution is 2.30. The molecule has 2 heterocycles. The summed E-state index contributed by atoms with van der Waals surface area (Å²) in [7, 11) is 3.26. The Morgan fingerprint density at radius 3 is 2.65 bits per heavy atom. The molecule has 1 aromatic rings. The Labute approximate surface area is 156 Å². The first-order valence-corrected chi connectivity index (χ1v) is 9.66. The summed E-state index contributed by atoms with van der Waals surface area (Å²) in [6, 6.07) is 5.55. The minimum absolute atomic E-state index is 0.223. The third-order valence-corrected chi connectivity index (χ3v) is 5.36. The van der Waals surface area contributed by atoms with Gasteiger partial charge >= 0.3 is 0 Å². The molecule has 0 unspecified atom stereocenters. The number of hydrogen-bond donors (Lipinski definition) is 1. The summed E-state index contributed by atoms with van der Waals surface area (Å²) in [5.41, 5.74) is 0.769. The van der Waals surface area contributed by atoms with E-state index in [4.69, 9.17) is 14.2 Å². The number of rotatable bonds is 7. The lowest BCUT2D eigenvalue weighted by molar-refractivity contribution is -0.0551. The van der Waals surface area contributed by atoms with Gasteiger partial charge in [-0.05, 0) is 44.1 Å². The van der Waals surface area contributed by atoms with Crippen LogP contribution in [0.2, 0.25) is 0 Å². The SMILES string of the molecule is COc1ccc(OC)c([C@H](O)CN2CCO[C@@H](CN3CCCCC3)C2)c1. The van der Waals surface area contributed by atoms with E-state index in [1.54, 1.807) is 14.2 Å². The van der Waals surface area contributed by atoms with Crippen molar-refractivity contribution < 1.29 is 19.3 Å². The maximum absolute atomic E-state index is 10.8. The molecule has 2 fully saturated rings. The molecule has 0 amide bonds. The molecular weight excluding hydrogens is 332 g/mol. The van der Waals surface area contributed by atoms with Crippen molar-refractivity contribution in [2.24, 2.45) is 0 Å². The first kappa shape index (κ1) is 19.4. The summed E-state index contributed by atoms with van der Waals surface area (Å²) in [6.07, 6.45) is 3.55.